The van der Waals surface area contributed by atoms with Gasteiger partial charge in [0.05, 0.1) is 5.69 Å². The van der Waals surface area contributed by atoms with Crippen LogP contribution in [0.4, 0.5) is 0 Å². The highest BCUT2D eigenvalue weighted by Gasteiger charge is 2.08. The monoisotopic (exact) mass is 192 g/mol. The molecule has 0 aliphatic carbocycles. The van der Waals surface area contributed by atoms with Crippen LogP contribution in [0.15, 0.2) is 24.4 Å². The van der Waals surface area contributed by atoms with Gasteiger partial charge in [-0.1, -0.05) is 13.0 Å². The van der Waals surface area contributed by atoms with Gasteiger partial charge in [0.2, 0.25) is 0 Å². The molecule has 0 bridgehead atoms. The molecule has 0 atom stereocenters. The molecule has 2 nitrogen and oxygen atoms in total. The normalized spacial score (nSPS) is 11.2. The Labute approximate surface area is 87.0 Å². The van der Waals surface area contributed by atoms with Gasteiger partial charge >= 0.3 is 0 Å². The Bertz CT molecular complexity index is 244. The Hall–Kier alpha value is -0.890. The van der Waals surface area contributed by atoms with Gasteiger partial charge in [0, 0.05) is 18.8 Å². The van der Waals surface area contributed by atoms with Gasteiger partial charge in [-0.2, -0.15) is 0 Å². The molecular formula is C12H20N2. The fourth-order valence-corrected chi connectivity index (χ4v) is 1.51. The lowest BCUT2D eigenvalue weighted by Gasteiger charge is -2.25. The summed E-state index contributed by atoms with van der Waals surface area (Å²) < 4.78 is 0. The summed E-state index contributed by atoms with van der Waals surface area (Å²) in [4.78, 5) is 6.79. The van der Waals surface area contributed by atoms with Crippen LogP contribution >= 0.6 is 0 Å². The van der Waals surface area contributed by atoms with Crippen LogP contribution in [0, 0.1) is 0 Å². The molecule has 14 heavy (non-hydrogen) atoms. The summed E-state index contributed by atoms with van der Waals surface area (Å²) in [5.74, 6) is 0. The molecule has 0 aliphatic heterocycles. The SMILES string of the molecule is CCCN(Cc1ccccn1)C(C)C. The molecule has 0 spiro atoms. The van der Waals surface area contributed by atoms with Crippen LogP contribution in [0.5, 0.6) is 0 Å². The van der Waals surface area contributed by atoms with Crippen molar-refractivity contribution in [2.24, 2.45) is 0 Å². The number of hydrogen-bond acceptors (Lipinski definition) is 2. The van der Waals surface area contributed by atoms with Gasteiger partial charge in [0.1, 0.15) is 0 Å². The minimum atomic E-state index is 0.594. The first-order valence-corrected chi connectivity index (χ1v) is 5.38. The van der Waals surface area contributed by atoms with E-state index in [1.54, 1.807) is 0 Å². The topological polar surface area (TPSA) is 16.1 Å². The van der Waals surface area contributed by atoms with Gasteiger partial charge in [-0.25, -0.2) is 0 Å². The molecule has 78 valence electrons. The van der Waals surface area contributed by atoms with Crippen LogP contribution in [0.2, 0.25) is 0 Å². The maximum atomic E-state index is 4.34. The first-order valence-electron chi connectivity index (χ1n) is 5.38. The Morgan fingerprint density at radius 2 is 2.14 bits per heavy atom. The molecule has 2 heteroatoms. The molecule has 0 aliphatic rings. The summed E-state index contributed by atoms with van der Waals surface area (Å²) in [7, 11) is 0. The smallest absolute Gasteiger partial charge is 0.0544 e. The van der Waals surface area contributed by atoms with E-state index in [1.807, 2.05) is 18.3 Å². The van der Waals surface area contributed by atoms with E-state index in [1.165, 1.54) is 6.42 Å². The van der Waals surface area contributed by atoms with Crippen molar-refractivity contribution < 1.29 is 0 Å². The lowest BCUT2D eigenvalue weighted by molar-refractivity contribution is 0.211. The minimum absolute atomic E-state index is 0.594. The molecular weight excluding hydrogens is 172 g/mol. The van der Waals surface area contributed by atoms with Crippen molar-refractivity contribution in [2.75, 3.05) is 6.54 Å². The van der Waals surface area contributed by atoms with Crippen molar-refractivity contribution >= 4 is 0 Å². The van der Waals surface area contributed by atoms with Gasteiger partial charge in [0.25, 0.3) is 0 Å². The van der Waals surface area contributed by atoms with Crippen molar-refractivity contribution in [1.82, 2.24) is 9.88 Å². The van der Waals surface area contributed by atoms with Crippen LogP contribution in [0.25, 0.3) is 0 Å². The van der Waals surface area contributed by atoms with Crippen molar-refractivity contribution in [3.63, 3.8) is 0 Å². The maximum absolute atomic E-state index is 4.34. The van der Waals surface area contributed by atoms with E-state index < -0.39 is 0 Å². The minimum Gasteiger partial charge on any atom is -0.295 e. The lowest BCUT2D eigenvalue weighted by Crippen LogP contribution is -2.31. The fraction of sp³-hybridized carbons (Fsp3) is 0.583. The van der Waals surface area contributed by atoms with E-state index in [0.717, 1.165) is 18.8 Å². The lowest BCUT2D eigenvalue weighted by atomic mass is 10.2. The Balaban J connectivity index is 2.55. The summed E-state index contributed by atoms with van der Waals surface area (Å²) in [6.07, 6.45) is 3.06. The fourth-order valence-electron chi connectivity index (χ4n) is 1.51. The second kappa shape index (κ2) is 5.76. The van der Waals surface area contributed by atoms with Crippen molar-refractivity contribution in [2.45, 2.75) is 39.8 Å². The summed E-state index contributed by atoms with van der Waals surface area (Å²) in [5.41, 5.74) is 1.16. The number of pyridine rings is 1. The molecule has 1 aromatic rings. The number of aromatic nitrogens is 1. The van der Waals surface area contributed by atoms with E-state index in [4.69, 9.17) is 0 Å². The van der Waals surface area contributed by atoms with Crippen molar-refractivity contribution in [3.8, 4) is 0 Å². The highest BCUT2D eigenvalue weighted by atomic mass is 15.1. The zero-order valence-electron chi connectivity index (χ0n) is 9.40. The summed E-state index contributed by atoms with van der Waals surface area (Å²) >= 11 is 0. The molecule has 0 radical (unpaired) electrons. The Kier molecular flexibility index (Phi) is 4.60. The summed E-state index contributed by atoms with van der Waals surface area (Å²) in [5, 5.41) is 0. The van der Waals surface area contributed by atoms with Gasteiger partial charge in [-0.15, -0.1) is 0 Å². The van der Waals surface area contributed by atoms with Crippen LogP contribution < -0.4 is 0 Å². The molecule has 0 fully saturated rings. The Morgan fingerprint density at radius 1 is 1.36 bits per heavy atom. The zero-order chi connectivity index (χ0) is 10.4. The highest BCUT2D eigenvalue weighted by molar-refractivity contribution is 5.03. The van der Waals surface area contributed by atoms with E-state index in [2.05, 4.69) is 36.7 Å². The third-order valence-electron chi connectivity index (χ3n) is 2.33. The predicted molar refractivity (Wildman–Crippen MR) is 60.1 cm³/mol. The molecule has 1 aromatic heterocycles. The first kappa shape index (κ1) is 11.2. The molecule has 0 amide bonds. The third-order valence-corrected chi connectivity index (χ3v) is 2.33. The highest BCUT2D eigenvalue weighted by Crippen LogP contribution is 2.06. The molecule has 0 N–H and O–H groups in total. The third kappa shape index (κ3) is 3.46. The molecule has 1 rings (SSSR count). The molecule has 0 saturated carbocycles. The number of nitrogens with zero attached hydrogens (tertiary/aromatic N) is 2. The zero-order valence-corrected chi connectivity index (χ0v) is 9.40. The largest absolute Gasteiger partial charge is 0.295 e. The van der Waals surface area contributed by atoms with Crippen LogP contribution in [-0.2, 0) is 6.54 Å². The average molecular weight is 192 g/mol. The van der Waals surface area contributed by atoms with E-state index in [0.29, 0.717) is 6.04 Å². The van der Waals surface area contributed by atoms with Gasteiger partial charge < -0.3 is 0 Å². The molecule has 0 saturated heterocycles. The second-order valence-electron chi connectivity index (χ2n) is 3.89. The second-order valence-corrected chi connectivity index (χ2v) is 3.89. The van der Waals surface area contributed by atoms with E-state index in [9.17, 15) is 0 Å². The molecule has 1 heterocycles. The van der Waals surface area contributed by atoms with Gasteiger partial charge in [-0.05, 0) is 38.9 Å². The number of hydrogen-bond donors (Lipinski definition) is 0. The van der Waals surface area contributed by atoms with E-state index >= 15 is 0 Å². The van der Waals surface area contributed by atoms with Crippen LogP contribution in [0.3, 0.4) is 0 Å². The van der Waals surface area contributed by atoms with Gasteiger partial charge in [-0.3, -0.25) is 9.88 Å². The maximum Gasteiger partial charge on any atom is 0.0544 e. The summed E-state index contributed by atoms with van der Waals surface area (Å²) in [6.45, 7) is 8.80. The number of rotatable bonds is 5. The van der Waals surface area contributed by atoms with Gasteiger partial charge in [0.15, 0.2) is 0 Å². The van der Waals surface area contributed by atoms with Crippen LogP contribution in [0.1, 0.15) is 32.9 Å². The van der Waals surface area contributed by atoms with Crippen molar-refractivity contribution in [3.05, 3.63) is 30.1 Å². The Morgan fingerprint density at radius 3 is 2.64 bits per heavy atom. The molecule has 0 unspecified atom stereocenters. The van der Waals surface area contributed by atoms with Crippen molar-refractivity contribution in [1.29, 1.82) is 0 Å². The first-order chi connectivity index (χ1) is 6.74. The predicted octanol–water partition coefficient (Wildman–Crippen LogP) is 2.70. The quantitative estimate of drug-likeness (QED) is 0.713. The van der Waals surface area contributed by atoms with Crippen LogP contribution in [-0.4, -0.2) is 22.5 Å². The summed E-state index contributed by atoms with van der Waals surface area (Å²) in [6, 6.07) is 6.69. The average Bonchev–Trinajstić information content (AvgIpc) is 2.18. The standard InChI is InChI=1S/C12H20N2/c1-4-9-14(11(2)3)10-12-7-5-6-8-13-12/h5-8,11H,4,9-10H2,1-3H3. The molecule has 0 aromatic carbocycles. The van der Waals surface area contributed by atoms with E-state index in [-0.39, 0.29) is 0 Å².